The van der Waals surface area contributed by atoms with Crippen LogP contribution < -0.4 is 5.56 Å². The van der Waals surface area contributed by atoms with Crippen LogP contribution in [0.4, 0.5) is 0 Å². The minimum absolute atomic E-state index is 0.0502. The zero-order chi connectivity index (χ0) is 18.1. The summed E-state index contributed by atoms with van der Waals surface area (Å²) in [5.74, 6) is -0.262. The third-order valence-corrected chi connectivity index (χ3v) is 5.87. The number of aromatic nitrogens is 2. The van der Waals surface area contributed by atoms with E-state index in [1.165, 1.54) is 0 Å². The molecular weight excluding hydrogens is 328 g/mol. The molecule has 26 heavy (non-hydrogen) atoms. The summed E-state index contributed by atoms with van der Waals surface area (Å²) < 4.78 is 7.08. The van der Waals surface area contributed by atoms with Crippen LogP contribution in [0.25, 0.3) is 22.3 Å². The summed E-state index contributed by atoms with van der Waals surface area (Å²) in [6.45, 7) is 4.36. The molecule has 0 spiro atoms. The maximum atomic E-state index is 13.1. The van der Waals surface area contributed by atoms with Gasteiger partial charge in [0.2, 0.25) is 0 Å². The topological polar surface area (TPSA) is 61.2 Å². The lowest BCUT2D eigenvalue weighted by Crippen LogP contribution is -2.42. The smallest absolute Gasteiger partial charge is 0.316 e. The van der Waals surface area contributed by atoms with E-state index in [2.05, 4.69) is 6.07 Å². The number of pyridine rings is 2. The minimum Gasteiger partial charge on any atom is -0.460 e. The Morgan fingerprint density at radius 1 is 1.23 bits per heavy atom. The second-order valence-electron chi connectivity index (χ2n) is 7.26. The fourth-order valence-electron chi connectivity index (χ4n) is 4.09. The van der Waals surface area contributed by atoms with Crippen molar-refractivity contribution in [2.24, 2.45) is 0 Å². The van der Waals surface area contributed by atoms with Crippen molar-refractivity contribution in [3.8, 4) is 11.4 Å². The molecule has 130 valence electrons. The van der Waals surface area contributed by atoms with Crippen molar-refractivity contribution in [2.45, 2.75) is 38.8 Å². The lowest BCUT2D eigenvalue weighted by Gasteiger charge is -2.33. The van der Waals surface area contributed by atoms with Crippen LogP contribution in [0.3, 0.4) is 0 Å². The monoisotopic (exact) mass is 346 g/mol. The van der Waals surface area contributed by atoms with Crippen LogP contribution in [0.15, 0.2) is 41.2 Å². The average molecular weight is 346 g/mol. The van der Waals surface area contributed by atoms with Crippen LogP contribution in [0, 0.1) is 0 Å². The van der Waals surface area contributed by atoms with Crippen molar-refractivity contribution in [1.29, 1.82) is 0 Å². The third kappa shape index (κ3) is 1.83. The van der Waals surface area contributed by atoms with E-state index >= 15 is 0 Å². The van der Waals surface area contributed by atoms with Crippen molar-refractivity contribution >= 4 is 16.9 Å². The number of nitrogens with zero attached hydrogens (tertiary/aromatic N) is 2. The van der Waals surface area contributed by atoms with Crippen molar-refractivity contribution in [3.63, 3.8) is 0 Å². The largest absolute Gasteiger partial charge is 0.460 e. The summed E-state index contributed by atoms with van der Waals surface area (Å²) in [6, 6.07) is 12.0. The standard InChI is InChI=1S/C21H18N2O3/c1-3-21(2)15-9-17-18-13(8-12-6-4-5-7-16(12)22-18)10-23(17)19(24)14(15)11-26-20(21)25/h4-9H,3,10-11H2,1-2H3/t21-/m1/s1. The van der Waals surface area contributed by atoms with Gasteiger partial charge >= 0.3 is 5.97 Å². The quantitative estimate of drug-likeness (QED) is 0.497. The Bertz CT molecular complexity index is 1160. The maximum Gasteiger partial charge on any atom is 0.316 e. The molecule has 0 saturated heterocycles. The van der Waals surface area contributed by atoms with Gasteiger partial charge in [-0.2, -0.15) is 0 Å². The average Bonchev–Trinajstić information content (AvgIpc) is 3.01. The molecule has 1 aromatic carbocycles. The van der Waals surface area contributed by atoms with Gasteiger partial charge in [0.1, 0.15) is 6.61 Å². The molecule has 2 aromatic heterocycles. The Morgan fingerprint density at radius 3 is 2.85 bits per heavy atom. The Labute approximate surface area is 150 Å². The molecule has 2 aliphatic rings. The fraction of sp³-hybridized carbons (Fsp3) is 0.286. The normalized spacial score (nSPS) is 20.5. The van der Waals surface area contributed by atoms with Crippen LogP contribution in [-0.2, 0) is 28.1 Å². The molecule has 5 rings (SSSR count). The minimum atomic E-state index is -0.790. The van der Waals surface area contributed by atoms with Crippen molar-refractivity contribution in [2.75, 3.05) is 0 Å². The van der Waals surface area contributed by atoms with Crippen LogP contribution in [0.5, 0.6) is 0 Å². The molecule has 0 radical (unpaired) electrons. The molecule has 1 atom stereocenters. The molecule has 5 nitrogen and oxygen atoms in total. The van der Waals surface area contributed by atoms with Gasteiger partial charge in [-0.3, -0.25) is 9.59 Å². The van der Waals surface area contributed by atoms with Crippen LogP contribution in [0.1, 0.15) is 37.0 Å². The summed E-state index contributed by atoms with van der Waals surface area (Å²) >= 11 is 0. The molecule has 3 aromatic rings. The van der Waals surface area contributed by atoms with Gasteiger partial charge in [-0.15, -0.1) is 0 Å². The highest BCUT2D eigenvalue weighted by atomic mass is 16.5. The van der Waals surface area contributed by atoms with E-state index in [9.17, 15) is 9.59 Å². The van der Waals surface area contributed by atoms with Crippen molar-refractivity contribution in [3.05, 3.63) is 63.4 Å². The highest BCUT2D eigenvalue weighted by Gasteiger charge is 2.43. The number of hydrogen-bond donors (Lipinski definition) is 0. The SMILES string of the molecule is CC[C@@]1(C)C(=O)OCc2c1cc1n(c2=O)Cc2cc3ccccc3nc2-1. The number of benzene rings is 1. The third-order valence-electron chi connectivity index (χ3n) is 5.87. The first-order valence-electron chi connectivity index (χ1n) is 8.86. The molecule has 0 fully saturated rings. The molecule has 0 unspecified atom stereocenters. The van der Waals surface area contributed by atoms with Crippen molar-refractivity contribution < 1.29 is 9.53 Å². The number of fused-ring (bicyclic) bond motifs is 5. The Hall–Kier alpha value is -2.95. The summed E-state index contributed by atoms with van der Waals surface area (Å²) in [5, 5.41) is 1.06. The van der Waals surface area contributed by atoms with Gasteiger partial charge < -0.3 is 9.30 Å². The van der Waals surface area contributed by atoms with Crippen LogP contribution in [0.2, 0.25) is 0 Å². The van der Waals surface area contributed by atoms with Gasteiger partial charge in [-0.05, 0) is 37.1 Å². The molecule has 0 bridgehead atoms. The first-order valence-corrected chi connectivity index (χ1v) is 8.86. The van der Waals surface area contributed by atoms with E-state index in [0.717, 1.165) is 33.4 Å². The molecule has 5 heteroatoms. The highest BCUT2D eigenvalue weighted by Crippen LogP contribution is 2.39. The van der Waals surface area contributed by atoms with Gasteiger partial charge in [0.05, 0.1) is 34.4 Å². The molecule has 0 aliphatic carbocycles. The Morgan fingerprint density at radius 2 is 2.04 bits per heavy atom. The number of ether oxygens (including phenoxy) is 1. The number of carbonyl (C=O) groups is 1. The van der Waals surface area contributed by atoms with Gasteiger partial charge in [0, 0.05) is 10.9 Å². The maximum absolute atomic E-state index is 13.1. The van der Waals surface area contributed by atoms with E-state index in [-0.39, 0.29) is 18.1 Å². The second-order valence-corrected chi connectivity index (χ2v) is 7.26. The number of cyclic esters (lactones) is 1. The number of carbonyl (C=O) groups excluding carboxylic acids is 1. The summed E-state index contributed by atoms with van der Waals surface area (Å²) in [4.78, 5) is 30.3. The molecule has 4 heterocycles. The number of hydrogen-bond acceptors (Lipinski definition) is 4. The van der Waals surface area contributed by atoms with Crippen LogP contribution >= 0.6 is 0 Å². The predicted octanol–water partition coefficient (Wildman–Crippen LogP) is 3.15. The lowest BCUT2D eigenvalue weighted by atomic mass is 9.76. The predicted molar refractivity (Wildman–Crippen MR) is 98.0 cm³/mol. The first-order chi connectivity index (χ1) is 12.5. The van der Waals surface area contributed by atoms with Gasteiger partial charge in [0.25, 0.3) is 5.56 Å². The van der Waals surface area contributed by atoms with Gasteiger partial charge in [-0.25, -0.2) is 4.98 Å². The second kappa shape index (κ2) is 5.04. The number of para-hydroxylation sites is 1. The van der Waals surface area contributed by atoms with E-state index in [1.54, 1.807) is 4.57 Å². The summed E-state index contributed by atoms with van der Waals surface area (Å²) in [6.07, 6.45) is 0.583. The fourth-order valence-corrected chi connectivity index (χ4v) is 4.09. The van der Waals surface area contributed by atoms with Gasteiger partial charge in [-0.1, -0.05) is 25.1 Å². The van der Waals surface area contributed by atoms with E-state index in [4.69, 9.17) is 9.72 Å². The lowest BCUT2D eigenvalue weighted by molar-refractivity contribution is -0.153. The number of esters is 1. The molecule has 0 amide bonds. The van der Waals surface area contributed by atoms with E-state index in [1.807, 2.05) is 44.2 Å². The summed E-state index contributed by atoms with van der Waals surface area (Å²) in [7, 11) is 0. The molecular formula is C21H18N2O3. The number of rotatable bonds is 1. The highest BCUT2D eigenvalue weighted by molar-refractivity contribution is 5.87. The molecule has 2 aliphatic heterocycles. The summed E-state index contributed by atoms with van der Waals surface area (Å²) in [5.41, 5.74) is 4.08. The zero-order valence-corrected chi connectivity index (χ0v) is 14.7. The first kappa shape index (κ1) is 15.3. The van der Waals surface area contributed by atoms with Gasteiger partial charge in [0.15, 0.2) is 0 Å². The molecule has 0 saturated carbocycles. The van der Waals surface area contributed by atoms with Crippen molar-refractivity contribution in [1.82, 2.24) is 9.55 Å². The van der Waals surface area contributed by atoms with E-state index < -0.39 is 5.41 Å². The van der Waals surface area contributed by atoms with E-state index in [0.29, 0.717) is 18.5 Å². The van der Waals surface area contributed by atoms with Crippen LogP contribution in [-0.4, -0.2) is 15.5 Å². The Kier molecular flexibility index (Phi) is 2.97. The molecule has 0 N–H and O–H groups in total. The zero-order valence-electron chi connectivity index (χ0n) is 14.7. The Balaban J connectivity index is 1.81.